The van der Waals surface area contributed by atoms with Crippen molar-refractivity contribution in [2.24, 2.45) is 11.8 Å². The molecule has 0 radical (unpaired) electrons. The largest absolute Gasteiger partial charge is 0.468 e. The van der Waals surface area contributed by atoms with E-state index < -0.39 is 47.4 Å². The van der Waals surface area contributed by atoms with E-state index in [1.165, 1.54) is 0 Å². The molecular formula is C21H27NO7. The Balaban J connectivity index is 2.22. The van der Waals surface area contributed by atoms with Gasteiger partial charge in [-0.05, 0) is 31.7 Å². The fourth-order valence-corrected chi connectivity index (χ4v) is 3.54. The van der Waals surface area contributed by atoms with Crippen molar-refractivity contribution in [3.63, 3.8) is 0 Å². The first-order valence-electron chi connectivity index (χ1n) is 9.37. The molecule has 1 aliphatic rings. The van der Waals surface area contributed by atoms with Crippen LogP contribution in [0, 0.1) is 11.8 Å². The second-order valence-corrected chi connectivity index (χ2v) is 7.65. The van der Waals surface area contributed by atoms with Crippen LogP contribution < -0.4 is 0 Å². The Kier molecular flexibility index (Phi) is 7.00. The Morgan fingerprint density at radius 3 is 2.17 bits per heavy atom. The predicted molar refractivity (Wildman–Crippen MR) is 103 cm³/mol. The molecule has 1 fully saturated rings. The molecule has 1 aliphatic heterocycles. The predicted octanol–water partition coefficient (Wildman–Crippen LogP) is 2.34. The fraction of sp³-hybridized carbons (Fsp3) is 0.524. The maximum absolute atomic E-state index is 13.0. The van der Waals surface area contributed by atoms with Crippen molar-refractivity contribution in [2.75, 3.05) is 14.2 Å². The van der Waals surface area contributed by atoms with Crippen LogP contribution in [0.5, 0.6) is 0 Å². The number of nitrogens with zero attached hydrogens (tertiary/aromatic N) is 1. The lowest BCUT2D eigenvalue weighted by atomic mass is 9.89. The van der Waals surface area contributed by atoms with Crippen molar-refractivity contribution in [1.29, 1.82) is 0 Å². The van der Waals surface area contributed by atoms with Gasteiger partial charge >= 0.3 is 18.0 Å². The molecule has 0 aliphatic carbocycles. The molecule has 2 amide bonds. The topological polar surface area (TPSA) is 99.2 Å². The van der Waals surface area contributed by atoms with Gasteiger partial charge in [-0.15, -0.1) is 0 Å². The molecule has 0 spiro atoms. The van der Waals surface area contributed by atoms with Crippen molar-refractivity contribution in [3.05, 3.63) is 35.9 Å². The summed E-state index contributed by atoms with van der Waals surface area (Å²) in [6.07, 6.45) is -0.525. The summed E-state index contributed by atoms with van der Waals surface area (Å²) in [6.45, 7) is 5.07. The van der Waals surface area contributed by atoms with Gasteiger partial charge in [-0.1, -0.05) is 37.3 Å². The normalized spacial score (nSPS) is 18.9. The molecule has 0 N–H and O–H groups in total. The number of amides is 2. The van der Waals surface area contributed by atoms with Crippen LogP contribution in [0.1, 0.15) is 32.8 Å². The van der Waals surface area contributed by atoms with Gasteiger partial charge in [-0.3, -0.25) is 14.4 Å². The third-order valence-electron chi connectivity index (χ3n) is 5.18. The summed E-state index contributed by atoms with van der Waals surface area (Å²) in [7, 11) is 2.31. The van der Waals surface area contributed by atoms with E-state index >= 15 is 0 Å². The van der Waals surface area contributed by atoms with Gasteiger partial charge in [-0.25, -0.2) is 9.69 Å². The molecule has 29 heavy (non-hydrogen) atoms. The summed E-state index contributed by atoms with van der Waals surface area (Å²) < 4.78 is 14.8. The van der Waals surface area contributed by atoms with Gasteiger partial charge in [0.2, 0.25) is 5.91 Å². The highest BCUT2D eigenvalue weighted by molar-refractivity contribution is 5.97. The van der Waals surface area contributed by atoms with Crippen molar-refractivity contribution >= 4 is 23.9 Å². The summed E-state index contributed by atoms with van der Waals surface area (Å²) >= 11 is 0. The van der Waals surface area contributed by atoms with E-state index in [-0.39, 0.29) is 6.42 Å². The van der Waals surface area contributed by atoms with Gasteiger partial charge in [0.15, 0.2) is 5.92 Å². The molecule has 1 aromatic rings. The van der Waals surface area contributed by atoms with E-state index in [1.807, 2.05) is 30.3 Å². The number of methoxy groups -OCH3 is 2. The fourth-order valence-electron chi connectivity index (χ4n) is 3.54. The van der Waals surface area contributed by atoms with Crippen molar-refractivity contribution in [3.8, 4) is 0 Å². The molecule has 2 rings (SSSR count). The van der Waals surface area contributed by atoms with Gasteiger partial charge in [0.05, 0.1) is 20.3 Å². The van der Waals surface area contributed by atoms with Gasteiger partial charge in [0.25, 0.3) is 0 Å². The lowest BCUT2D eigenvalue weighted by Gasteiger charge is -2.29. The maximum atomic E-state index is 13.0. The first-order chi connectivity index (χ1) is 13.6. The average Bonchev–Trinajstić information content (AvgIpc) is 2.90. The average molecular weight is 405 g/mol. The van der Waals surface area contributed by atoms with Crippen LogP contribution in [0.3, 0.4) is 0 Å². The Labute approximate surface area is 170 Å². The smallest absolute Gasteiger partial charge is 0.417 e. The third-order valence-corrected chi connectivity index (χ3v) is 5.18. The minimum absolute atomic E-state index is 0.217. The number of rotatable bonds is 7. The molecule has 0 aromatic heterocycles. The quantitative estimate of drug-likeness (QED) is 0.390. The summed E-state index contributed by atoms with van der Waals surface area (Å²) in [4.78, 5) is 50.5. The first-order valence-corrected chi connectivity index (χ1v) is 9.37. The monoisotopic (exact) mass is 405 g/mol. The number of benzene rings is 1. The SMILES string of the molecule is COC(=O)C(C(=O)OC)C(C)CC(=O)N1C(=O)OC(C)(C)[C@@H]1Cc1ccccc1. The van der Waals surface area contributed by atoms with Crippen LogP contribution in [0.4, 0.5) is 4.79 Å². The third kappa shape index (κ3) is 4.93. The van der Waals surface area contributed by atoms with Crippen LogP contribution in [0.25, 0.3) is 0 Å². The molecule has 1 saturated heterocycles. The van der Waals surface area contributed by atoms with Crippen LogP contribution in [-0.4, -0.2) is 54.7 Å². The Morgan fingerprint density at radius 1 is 1.10 bits per heavy atom. The minimum atomic E-state index is -1.26. The van der Waals surface area contributed by atoms with Crippen molar-refractivity contribution in [2.45, 2.75) is 45.3 Å². The van der Waals surface area contributed by atoms with Crippen molar-refractivity contribution < 1.29 is 33.4 Å². The summed E-state index contributed by atoms with van der Waals surface area (Å²) in [5, 5.41) is 0. The van der Waals surface area contributed by atoms with Gasteiger partial charge < -0.3 is 14.2 Å². The van der Waals surface area contributed by atoms with E-state index in [9.17, 15) is 19.2 Å². The van der Waals surface area contributed by atoms with Crippen LogP contribution in [-0.2, 0) is 35.0 Å². The lowest BCUT2D eigenvalue weighted by Crippen LogP contribution is -2.47. The first kappa shape index (κ1) is 22.4. The zero-order valence-corrected chi connectivity index (χ0v) is 17.3. The number of ether oxygens (including phenoxy) is 3. The number of esters is 2. The Morgan fingerprint density at radius 2 is 1.66 bits per heavy atom. The second kappa shape index (κ2) is 9.07. The molecule has 0 saturated carbocycles. The van der Waals surface area contributed by atoms with E-state index in [0.717, 1.165) is 24.7 Å². The Bertz CT molecular complexity index is 758. The van der Waals surface area contributed by atoms with Crippen LogP contribution >= 0.6 is 0 Å². The van der Waals surface area contributed by atoms with Gasteiger partial charge in [-0.2, -0.15) is 0 Å². The molecule has 1 aromatic carbocycles. The number of carbonyl (C=O) groups is 4. The number of imide groups is 1. The zero-order chi connectivity index (χ0) is 21.8. The number of hydrogen-bond donors (Lipinski definition) is 0. The van der Waals surface area contributed by atoms with E-state index in [4.69, 9.17) is 4.74 Å². The summed E-state index contributed by atoms with van der Waals surface area (Å²) in [5.74, 6) is -4.08. The van der Waals surface area contributed by atoms with E-state index in [0.29, 0.717) is 6.42 Å². The van der Waals surface area contributed by atoms with Crippen LogP contribution in [0.2, 0.25) is 0 Å². The summed E-state index contributed by atoms with van der Waals surface area (Å²) in [5.41, 5.74) is 0.0763. The molecule has 2 atom stereocenters. The molecule has 1 heterocycles. The highest BCUT2D eigenvalue weighted by atomic mass is 16.6. The lowest BCUT2D eigenvalue weighted by molar-refractivity contribution is -0.161. The maximum Gasteiger partial charge on any atom is 0.417 e. The van der Waals surface area contributed by atoms with E-state index in [1.54, 1.807) is 20.8 Å². The molecule has 8 nitrogen and oxygen atoms in total. The molecule has 1 unspecified atom stereocenters. The molecule has 0 bridgehead atoms. The number of cyclic esters (lactones) is 1. The van der Waals surface area contributed by atoms with Gasteiger partial charge in [0, 0.05) is 6.42 Å². The standard InChI is InChI=1S/C21H27NO7/c1-13(17(18(24)27-4)19(25)28-5)11-16(23)22-15(21(2,3)29-20(22)26)12-14-9-7-6-8-10-14/h6-10,13,15,17H,11-12H2,1-5H3/t13?,15-/m0/s1. The highest BCUT2D eigenvalue weighted by Gasteiger charge is 2.51. The minimum Gasteiger partial charge on any atom is -0.468 e. The number of hydrogen-bond acceptors (Lipinski definition) is 7. The zero-order valence-electron chi connectivity index (χ0n) is 17.3. The summed E-state index contributed by atoms with van der Waals surface area (Å²) in [6, 6.07) is 8.95. The second-order valence-electron chi connectivity index (χ2n) is 7.65. The van der Waals surface area contributed by atoms with Crippen molar-refractivity contribution in [1.82, 2.24) is 4.90 Å². The van der Waals surface area contributed by atoms with E-state index in [2.05, 4.69) is 9.47 Å². The molecule has 158 valence electrons. The Hall–Kier alpha value is -2.90. The van der Waals surface area contributed by atoms with Gasteiger partial charge in [0.1, 0.15) is 5.60 Å². The number of carbonyl (C=O) groups excluding carboxylic acids is 4. The molecule has 8 heteroatoms. The highest BCUT2D eigenvalue weighted by Crippen LogP contribution is 2.33. The molecular weight excluding hydrogens is 378 g/mol. The van der Waals surface area contributed by atoms with Crippen LogP contribution in [0.15, 0.2) is 30.3 Å².